The molecule has 130 valence electrons. The van der Waals surface area contributed by atoms with Gasteiger partial charge < -0.3 is 9.05 Å². The van der Waals surface area contributed by atoms with Gasteiger partial charge in [0.15, 0.2) is 0 Å². The van der Waals surface area contributed by atoms with Crippen molar-refractivity contribution >= 4 is 8.25 Å². The summed E-state index contributed by atoms with van der Waals surface area (Å²) >= 11 is 0. The normalized spacial score (nSPS) is 11.6. The molecule has 0 saturated heterocycles. The van der Waals surface area contributed by atoms with Crippen molar-refractivity contribution in [2.75, 3.05) is 0 Å². The van der Waals surface area contributed by atoms with Crippen molar-refractivity contribution in [3.05, 3.63) is 70.8 Å². The molecule has 0 aliphatic carbocycles. The molecule has 2 rings (SSSR count). The van der Waals surface area contributed by atoms with Crippen molar-refractivity contribution in [3.8, 4) is 0 Å². The lowest BCUT2D eigenvalue weighted by molar-refractivity contribution is 0.151. The van der Waals surface area contributed by atoms with Crippen LogP contribution in [0.3, 0.4) is 0 Å². The molecule has 0 saturated carbocycles. The van der Waals surface area contributed by atoms with Crippen molar-refractivity contribution in [2.45, 2.75) is 26.1 Å². The van der Waals surface area contributed by atoms with Crippen molar-refractivity contribution in [1.29, 1.82) is 0 Å². The highest BCUT2D eigenvalue weighted by molar-refractivity contribution is 7.33. The van der Waals surface area contributed by atoms with E-state index in [0.29, 0.717) is 11.1 Å². The molecular weight excluding hydrogens is 347 g/mol. The van der Waals surface area contributed by atoms with Crippen LogP contribution in [0, 0.1) is 0 Å². The highest BCUT2D eigenvalue weighted by Crippen LogP contribution is 2.28. The molecule has 0 atom stereocenters. The van der Waals surface area contributed by atoms with Gasteiger partial charge >= 0.3 is 8.25 Å². The lowest BCUT2D eigenvalue weighted by Crippen LogP contribution is -1.92. The topological polar surface area (TPSA) is 35.5 Å². The van der Waals surface area contributed by atoms with Gasteiger partial charge in [-0.05, 0) is 11.1 Å². The molecule has 24 heavy (non-hydrogen) atoms. The zero-order valence-electron chi connectivity index (χ0n) is 12.4. The Balaban J connectivity index is 1.76. The van der Waals surface area contributed by atoms with E-state index in [-0.39, 0.29) is 24.3 Å². The van der Waals surface area contributed by atoms with Gasteiger partial charge in [0, 0.05) is 11.1 Å². The van der Waals surface area contributed by atoms with E-state index in [4.69, 9.17) is 9.05 Å². The maximum Gasteiger partial charge on any atom is 0.319 e. The summed E-state index contributed by atoms with van der Waals surface area (Å²) in [4.78, 5) is 0. The summed E-state index contributed by atoms with van der Waals surface area (Å²) in [7, 11) is -2.78. The van der Waals surface area contributed by atoms with Crippen LogP contribution in [0.25, 0.3) is 0 Å². The molecule has 8 heteroatoms. The van der Waals surface area contributed by atoms with Gasteiger partial charge in [0.25, 0.3) is 12.9 Å². The molecule has 3 nitrogen and oxygen atoms in total. The van der Waals surface area contributed by atoms with E-state index in [1.165, 1.54) is 48.5 Å². The van der Waals surface area contributed by atoms with Crippen LogP contribution in [0.4, 0.5) is 17.6 Å². The molecule has 0 amide bonds. The Morgan fingerprint density at radius 2 is 1.04 bits per heavy atom. The van der Waals surface area contributed by atoms with E-state index >= 15 is 0 Å². The highest BCUT2D eigenvalue weighted by atomic mass is 31.1. The van der Waals surface area contributed by atoms with Crippen molar-refractivity contribution < 1.29 is 31.2 Å². The zero-order chi connectivity index (χ0) is 17.5. The van der Waals surface area contributed by atoms with Crippen LogP contribution in [-0.4, -0.2) is 0 Å². The quantitative estimate of drug-likeness (QED) is 0.447. The van der Waals surface area contributed by atoms with Gasteiger partial charge in [0.2, 0.25) is 0 Å². The Hall–Kier alpha value is -1.69. The molecule has 0 spiro atoms. The molecule has 2 aromatic rings. The average Bonchev–Trinajstić information content (AvgIpc) is 2.58. The minimum atomic E-state index is -2.78. The van der Waals surface area contributed by atoms with Gasteiger partial charge in [-0.3, -0.25) is 4.57 Å². The minimum Gasteiger partial charge on any atom is -0.306 e. The Morgan fingerprint density at radius 3 is 1.33 bits per heavy atom. The standard InChI is InChI=1S/C16H15F4O3P/c17-15(18)13-5-1-11(2-6-13)9-22-24(21)23-10-12-3-7-14(8-4-12)16(19)20/h1-8,15-16,24H,9-10H2. The fourth-order valence-electron chi connectivity index (χ4n) is 1.84. The molecule has 0 aromatic heterocycles. The average molecular weight is 362 g/mol. The fraction of sp³-hybridized carbons (Fsp3) is 0.250. The van der Waals surface area contributed by atoms with Crippen LogP contribution < -0.4 is 0 Å². The van der Waals surface area contributed by atoms with Gasteiger partial charge in [0.05, 0.1) is 13.2 Å². The summed E-state index contributed by atoms with van der Waals surface area (Å²) < 4.78 is 71.3. The Bertz CT molecular complexity index is 603. The second kappa shape index (κ2) is 8.97. The van der Waals surface area contributed by atoms with Gasteiger partial charge in [-0.1, -0.05) is 48.5 Å². The van der Waals surface area contributed by atoms with Gasteiger partial charge in [-0.2, -0.15) is 0 Å². The van der Waals surface area contributed by atoms with Crippen LogP contribution in [0.1, 0.15) is 35.1 Å². The lowest BCUT2D eigenvalue weighted by atomic mass is 10.1. The van der Waals surface area contributed by atoms with Gasteiger partial charge in [-0.15, -0.1) is 0 Å². The molecule has 0 aliphatic heterocycles. The monoisotopic (exact) mass is 362 g/mol. The third-order valence-electron chi connectivity index (χ3n) is 3.18. The van der Waals surface area contributed by atoms with Crippen LogP contribution in [0.5, 0.6) is 0 Å². The van der Waals surface area contributed by atoms with Gasteiger partial charge in [0.1, 0.15) is 0 Å². The smallest absolute Gasteiger partial charge is 0.306 e. The second-order valence-corrected chi connectivity index (χ2v) is 5.99. The lowest BCUT2D eigenvalue weighted by Gasteiger charge is -2.07. The first kappa shape index (κ1) is 18.6. The molecule has 2 aromatic carbocycles. The molecule has 0 N–H and O–H groups in total. The van der Waals surface area contributed by atoms with E-state index < -0.39 is 21.1 Å². The fourth-order valence-corrected chi connectivity index (χ4v) is 2.50. The Kier molecular flexibility index (Phi) is 6.97. The van der Waals surface area contributed by atoms with Crippen molar-refractivity contribution in [3.63, 3.8) is 0 Å². The summed E-state index contributed by atoms with van der Waals surface area (Å²) in [6.07, 6.45) is -5.09. The highest BCUT2D eigenvalue weighted by Gasteiger charge is 2.08. The van der Waals surface area contributed by atoms with Crippen molar-refractivity contribution in [1.82, 2.24) is 0 Å². The van der Waals surface area contributed by atoms with E-state index in [1.807, 2.05) is 0 Å². The molecular formula is C16H15F4O3P. The Labute approximate surface area is 137 Å². The van der Waals surface area contributed by atoms with Crippen molar-refractivity contribution in [2.24, 2.45) is 0 Å². The Morgan fingerprint density at radius 1 is 0.708 bits per heavy atom. The number of hydrogen-bond acceptors (Lipinski definition) is 3. The number of rotatable bonds is 8. The van der Waals surface area contributed by atoms with Gasteiger partial charge in [-0.25, -0.2) is 17.6 Å². The largest absolute Gasteiger partial charge is 0.319 e. The van der Waals surface area contributed by atoms with E-state index in [1.54, 1.807) is 0 Å². The predicted molar refractivity (Wildman–Crippen MR) is 81.4 cm³/mol. The number of hydrogen-bond donors (Lipinski definition) is 0. The summed E-state index contributed by atoms with van der Waals surface area (Å²) in [6.45, 7) is -0.0722. The first-order valence-corrected chi connectivity index (χ1v) is 8.21. The van der Waals surface area contributed by atoms with E-state index in [0.717, 1.165) is 0 Å². The zero-order valence-corrected chi connectivity index (χ0v) is 13.4. The predicted octanol–water partition coefficient (Wildman–Crippen LogP) is 5.68. The molecule has 0 unspecified atom stereocenters. The first-order chi connectivity index (χ1) is 11.5. The SMILES string of the molecule is O=[PH](OCc1ccc(C(F)F)cc1)OCc1ccc(C(F)F)cc1. The minimum absolute atomic E-state index is 0.0361. The molecule has 0 aliphatic rings. The third-order valence-corrected chi connectivity index (χ3v) is 3.94. The summed E-state index contributed by atoms with van der Waals surface area (Å²) in [6, 6.07) is 10.9. The van der Waals surface area contributed by atoms with E-state index in [9.17, 15) is 22.1 Å². The van der Waals surface area contributed by atoms with E-state index in [2.05, 4.69) is 0 Å². The van der Waals surface area contributed by atoms with Crippen LogP contribution in [-0.2, 0) is 26.8 Å². The maximum atomic E-state index is 12.4. The van der Waals surface area contributed by atoms with Crippen LogP contribution in [0.15, 0.2) is 48.5 Å². The number of halogens is 4. The molecule has 0 radical (unpaired) electrons. The van der Waals surface area contributed by atoms with Crippen LogP contribution in [0.2, 0.25) is 0 Å². The summed E-state index contributed by atoms with van der Waals surface area (Å²) in [5, 5.41) is 0. The molecule has 0 heterocycles. The molecule has 0 bridgehead atoms. The first-order valence-electron chi connectivity index (χ1n) is 6.99. The number of benzene rings is 2. The maximum absolute atomic E-state index is 12.4. The number of alkyl halides is 4. The van der Waals surface area contributed by atoms with Crippen LogP contribution >= 0.6 is 8.25 Å². The third kappa shape index (κ3) is 5.74. The summed E-state index contributed by atoms with van der Waals surface area (Å²) in [5.41, 5.74) is 0.968. The molecule has 0 fully saturated rings. The summed E-state index contributed by atoms with van der Waals surface area (Å²) in [5.74, 6) is 0. The second-order valence-electron chi connectivity index (χ2n) is 4.91.